The van der Waals surface area contributed by atoms with E-state index >= 15 is 0 Å². The summed E-state index contributed by atoms with van der Waals surface area (Å²) >= 11 is 3.29. The van der Waals surface area contributed by atoms with Gasteiger partial charge in [-0.05, 0) is 43.7 Å². The molecule has 0 spiro atoms. The first-order valence-electron chi connectivity index (χ1n) is 6.94. The number of hydrogen-bond donors (Lipinski definition) is 2. The van der Waals surface area contributed by atoms with Crippen LogP contribution in [0.3, 0.4) is 0 Å². The van der Waals surface area contributed by atoms with E-state index in [1.165, 1.54) is 6.07 Å². The molecule has 3 N–H and O–H groups in total. The molecule has 0 bridgehead atoms. The lowest BCUT2D eigenvalue weighted by atomic mass is 9.95. The zero-order valence-corrected chi connectivity index (χ0v) is 13.7. The highest BCUT2D eigenvalue weighted by molar-refractivity contribution is 9.10. The van der Waals surface area contributed by atoms with E-state index in [-0.39, 0.29) is 11.9 Å². The number of anilines is 1. The lowest BCUT2D eigenvalue weighted by Gasteiger charge is -2.23. The summed E-state index contributed by atoms with van der Waals surface area (Å²) in [5, 5.41) is 3.37. The molecule has 0 fully saturated rings. The number of aromatic nitrogens is 1. The number of aryl methyl sites for hydroxylation is 1. The molecule has 0 amide bonds. The van der Waals surface area contributed by atoms with Gasteiger partial charge in [-0.2, -0.15) is 0 Å². The lowest BCUT2D eigenvalue weighted by Crippen LogP contribution is -2.26. The van der Waals surface area contributed by atoms with Gasteiger partial charge in [0.2, 0.25) is 0 Å². The van der Waals surface area contributed by atoms with Crippen LogP contribution in [0.5, 0.6) is 0 Å². The summed E-state index contributed by atoms with van der Waals surface area (Å²) in [6.07, 6.45) is 2.62. The minimum atomic E-state index is -0.299. The topological polar surface area (TPSA) is 50.9 Å². The predicted molar refractivity (Wildman–Crippen MR) is 87.6 cm³/mol. The van der Waals surface area contributed by atoms with Crippen LogP contribution in [0, 0.1) is 12.7 Å². The minimum absolute atomic E-state index is 0.263. The van der Waals surface area contributed by atoms with Gasteiger partial charge in [-0.25, -0.2) is 9.37 Å². The molecule has 2 rings (SSSR count). The van der Waals surface area contributed by atoms with E-state index in [1.54, 1.807) is 12.3 Å². The molecule has 5 heteroatoms. The first kappa shape index (κ1) is 15.9. The molecule has 1 unspecified atom stereocenters. The largest absolute Gasteiger partial charge is 0.383 e. The van der Waals surface area contributed by atoms with Crippen molar-refractivity contribution in [2.24, 2.45) is 0 Å². The highest BCUT2D eigenvalue weighted by Gasteiger charge is 2.22. The van der Waals surface area contributed by atoms with Gasteiger partial charge in [0, 0.05) is 21.8 Å². The fourth-order valence-corrected chi connectivity index (χ4v) is 2.69. The Balaban J connectivity index is 2.52. The number of nitrogens with two attached hydrogens (primary N) is 1. The van der Waals surface area contributed by atoms with Crippen molar-refractivity contribution in [3.05, 3.63) is 57.4 Å². The van der Waals surface area contributed by atoms with Crippen LogP contribution in [0.1, 0.15) is 36.1 Å². The predicted octanol–water partition coefficient (Wildman–Crippen LogP) is 3.96. The van der Waals surface area contributed by atoms with Crippen LogP contribution < -0.4 is 11.1 Å². The molecule has 1 aromatic heterocycles. The Morgan fingerprint density at radius 2 is 2.14 bits per heavy atom. The molecule has 0 aliphatic rings. The van der Waals surface area contributed by atoms with E-state index in [0.29, 0.717) is 15.9 Å². The van der Waals surface area contributed by atoms with Gasteiger partial charge in [-0.1, -0.05) is 28.9 Å². The molecule has 3 nitrogen and oxygen atoms in total. The average molecular weight is 352 g/mol. The Hall–Kier alpha value is -1.46. The second-order valence-corrected chi connectivity index (χ2v) is 5.90. The summed E-state index contributed by atoms with van der Waals surface area (Å²) in [7, 11) is 0. The molecule has 1 aromatic carbocycles. The van der Waals surface area contributed by atoms with Gasteiger partial charge in [-0.3, -0.25) is 0 Å². The molecule has 1 atom stereocenters. The van der Waals surface area contributed by atoms with Crippen molar-refractivity contribution in [3.63, 3.8) is 0 Å². The molecule has 0 saturated heterocycles. The molecule has 0 radical (unpaired) electrons. The normalized spacial score (nSPS) is 12.4. The zero-order chi connectivity index (χ0) is 15.4. The molecule has 0 aliphatic carbocycles. The van der Waals surface area contributed by atoms with E-state index in [4.69, 9.17) is 5.73 Å². The maximum absolute atomic E-state index is 14.3. The third kappa shape index (κ3) is 3.60. The summed E-state index contributed by atoms with van der Waals surface area (Å²) in [6.45, 7) is 4.81. The first-order chi connectivity index (χ1) is 10.0. The fourth-order valence-electron chi connectivity index (χ4n) is 2.36. The maximum Gasteiger partial charge on any atom is 0.129 e. The number of benzene rings is 1. The van der Waals surface area contributed by atoms with E-state index in [0.717, 1.165) is 24.1 Å². The molecule has 1 heterocycles. The van der Waals surface area contributed by atoms with E-state index in [2.05, 4.69) is 33.2 Å². The van der Waals surface area contributed by atoms with E-state index in [1.807, 2.05) is 19.1 Å². The van der Waals surface area contributed by atoms with E-state index < -0.39 is 0 Å². The van der Waals surface area contributed by atoms with Gasteiger partial charge >= 0.3 is 0 Å². The highest BCUT2D eigenvalue weighted by Crippen LogP contribution is 2.31. The molecule has 0 saturated carbocycles. The van der Waals surface area contributed by atoms with Crippen molar-refractivity contribution < 1.29 is 4.39 Å². The molecular weight excluding hydrogens is 333 g/mol. The third-order valence-electron chi connectivity index (χ3n) is 3.40. The third-order valence-corrected chi connectivity index (χ3v) is 3.89. The number of nitrogens with zero attached hydrogens (tertiary/aromatic N) is 1. The van der Waals surface area contributed by atoms with Crippen molar-refractivity contribution in [2.75, 3.05) is 12.3 Å². The smallest absolute Gasteiger partial charge is 0.129 e. The summed E-state index contributed by atoms with van der Waals surface area (Å²) in [4.78, 5) is 4.15. The summed E-state index contributed by atoms with van der Waals surface area (Å²) in [6, 6.07) is 6.67. The molecule has 21 heavy (non-hydrogen) atoms. The van der Waals surface area contributed by atoms with Gasteiger partial charge in [0.05, 0.1) is 6.04 Å². The maximum atomic E-state index is 14.3. The molecule has 112 valence electrons. The van der Waals surface area contributed by atoms with Crippen LogP contribution in [0.25, 0.3) is 0 Å². The molecule has 2 aromatic rings. The molecule has 0 aliphatic heterocycles. The Morgan fingerprint density at radius 3 is 2.76 bits per heavy atom. The summed E-state index contributed by atoms with van der Waals surface area (Å²) in [5.41, 5.74) is 8.45. The highest BCUT2D eigenvalue weighted by atomic mass is 79.9. The van der Waals surface area contributed by atoms with Crippen molar-refractivity contribution >= 4 is 21.7 Å². The first-order valence-corrected chi connectivity index (χ1v) is 7.73. The Labute approximate surface area is 132 Å². The number of pyridine rings is 1. The van der Waals surface area contributed by atoms with Crippen molar-refractivity contribution in [1.29, 1.82) is 0 Å². The lowest BCUT2D eigenvalue weighted by molar-refractivity contribution is 0.545. The number of halogens is 2. The summed E-state index contributed by atoms with van der Waals surface area (Å²) in [5.74, 6) is 0.173. The van der Waals surface area contributed by atoms with Gasteiger partial charge in [0.1, 0.15) is 11.6 Å². The second kappa shape index (κ2) is 7.00. The number of hydrogen-bond acceptors (Lipinski definition) is 3. The minimum Gasteiger partial charge on any atom is -0.383 e. The second-order valence-electron chi connectivity index (χ2n) is 4.98. The van der Waals surface area contributed by atoms with Crippen LogP contribution in [-0.2, 0) is 0 Å². The Morgan fingerprint density at radius 1 is 1.38 bits per heavy atom. The SMILES string of the molecule is CCCNC(c1ccc(Br)cc1F)c1c(C)ccnc1N. The van der Waals surface area contributed by atoms with Crippen molar-refractivity contribution in [3.8, 4) is 0 Å². The van der Waals surface area contributed by atoms with Gasteiger partial charge in [0.15, 0.2) is 0 Å². The van der Waals surface area contributed by atoms with Gasteiger partial charge in [-0.15, -0.1) is 0 Å². The standard InChI is InChI=1S/C16H19BrFN3/c1-3-7-20-15(12-5-4-11(17)9-13(12)18)14-10(2)6-8-21-16(14)19/h4-6,8-9,15,20H,3,7H2,1-2H3,(H2,19,21). The summed E-state index contributed by atoms with van der Waals surface area (Å²) < 4.78 is 15.1. The van der Waals surface area contributed by atoms with Crippen molar-refractivity contribution in [1.82, 2.24) is 10.3 Å². The van der Waals surface area contributed by atoms with Crippen LogP contribution in [0.15, 0.2) is 34.9 Å². The number of rotatable bonds is 5. The number of nitrogens with one attached hydrogen (secondary N) is 1. The number of nitrogen functional groups attached to an aromatic ring is 1. The van der Waals surface area contributed by atoms with Crippen LogP contribution >= 0.6 is 15.9 Å². The Kier molecular flexibility index (Phi) is 5.31. The van der Waals surface area contributed by atoms with Crippen LogP contribution in [-0.4, -0.2) is 11.5 Å². The fraction of sp³-hybridized carbons (Fsp3) is 0.312. The van der Waals surface area contributed by atoms with Crippen LogP contribution in [0.4, 0.5) is 10.2 Å². The monoisotopic (exact) mass is 351 g/mol. The van der Waals surface area contributed by atoms with Crippen molar-refractivity contribution in [2.45, 2.75) is 26.3 Å². The van der Waals surface area contributed by atoms with E-state index in [9.17, 15) is 4.39 Å². The zero-order valence-electron chi connectivity index (χ0n) is 12.2. The quantitative estimate of drug-likeness (QED) is 0.856. The Bertz CT molecular complexity index is 611. The van der Waals surface area contributed by atoms with Gasteiger partial charge < -0.3 is 11.1 Å². The van der Waals surface area contributed by atoms with Crippen LogP contribution in [0.2, 0.25) is 0 Å². The average Bonchev–Trinajstić information content (AvgIpc) is 2.43. The van der Waals surface area contributed by atoms with Gasteiger partial charge in [0.25, 0.3) is 0 Å². The molecular formula is C16H19BrFN3.